The second-order valence-electron chi connectivity index (χ2n) is 5.01. The Morgan fingerprint density at radius 3 is 2.38 bits per heavy atom. The van der Waals surface area contributed by atoms with Crippen molar-refractivity contribution in [3.8, 4) is 0 Å². The molecular weight excluding hydrogens is 294 g/mol. The first kappa shape index (κ1) is 15.0. The number of hydrogen-bond acceptors (Lipinski definition) is 4. The molecule has 112 valence electrons. The molecule has 1 aromatic carbocycles. The fraction of sp³-hybridized carbons (Fsp3) is 0.231. The van der Waals surface area contributed by atoms with Crippen LogP contribution in [0, 0.1) is 0 Å². The number of carbonyl (C=O) groups is 1. The van der Waals surface area contributed by atoms with E-state index in [-0.39, 0.29) is 5.16 Å². The van der Waals surface area contributed by atoms with Crippen molar-refractivity contribution in [2.24, 2.45) is 0 Å². The van der Waals surface area contributed by atoms with E-state index in [4.69, 9.17) is 5.11 Å². The number of rotatable bonds is 5. The van der Waals surface area contributed by atoms with Gasteiger partial charge in [0.15, 0.2) is 0 Å². The molecule has 0 saturated carbocycles. The van der Waals surface area contributed by atoms with Crippen molar-refractivity contribution < 1.29 is 18.3 Å². The number of carboxylic acids is 1. The van der Waals surface area contributed by atoms with Crippen molar-refractivity contribution in [1.82, 2.24) is 9.97 Å². The number of aromatic nitrogens is 2. The van der Waals surface area contributed by atoms with E-state index in [1.54, 1.807) is 26.0 Å². The van der Waals surface area contributed by atoms with E-state index in [9.17, 15) is 13.2 Å². The van der Waals surface area contributed by atoms with E-state index < -0.39 is 21.4 Å². The van der Waals surface area contributed by atoms with Crippen molar-refractivity contribution in [3.63, 3.8) is 0 Å². The SMILES string of the molecule is CC(C)(C(=O)O)c1ccc(NS(=O)(=O)c2ncc[nH]2)cc1. The minimum atomic E-state index is -3.77. The van der Waals surface area contributed by atoms with E-state index >= 15 is 0 Å². The predicted octanol–water partition coefficient (Wildman–Crippen LogP) is 1.57. The predicted molar refractivity (Wildman–Crippen MR) is 76.5 cm³/mol. The Bertz CT molecular complexity index is 734. The summed E-state index contributed by atoms with van der Waals surface area (Å²) in [4.78, 5) is 17.4. The van der Waals surface area contributed by atoms with Crippen LogP contribution >= 0.6 is 0 Å². The van der Waals surface area contributed by atoms with Gasteiger partial charge >= 0.3 is 5.97 Å². The molecule has 0 aliphatic carbocycles. The lowest BCUT2D eigenvalue weighted by atomic mass is 9.85. The zero-order chi connectivity index (χ0) is 15.7. The molecule has 0 bridgehead atoms. The van der Waals surface area contributed by atoms with Gasteiger partial charge in [0.05, 0.1) is 5.41 Å². The lowest BCUT2D eigenvalue weighted by Crippen LogP contribution is -2.28. The molecule has 0 spiro atoms. The Hall–Kier alpha value is -2.35. The number of nitrogens with one attached hydrogen (secondary N) is 2. The molecule has 1 aromatic heterocycles. The highest BCUT2D eigenvalue weighted by Crippen LogP contribution is 2.25. The third kappa shape index (κ3) is 3.05. The van der Waals surface area contributed by atoms with Crippen molar-refractivity contribution in [2.75, 3.05) is 4.72 Å². The molecule has 21 heavy (non-hydrogen) atoms. The summed E-state index contributed by atoms with van der Waals surface area (Å²) in [6.07, 6.45) is 2.75. The van der Waals surface area contributed by atoms with E-state index in [1.807, 2.05) is 0 Å². The third-order valence-electron chi connectivity index (χ3n) is 3.12. The molecule has 8 heteroatoms. The van der Waals surface area contributed by atoms with Crippen molar-refractivity contribution in [3.05, 3.63) is 42.2 Å². The normalized spacial score (nSPS) is 12.1. The Labute approximate surface area is 122 Å². The minimum Gasteiger partial charge on any atom is -0.481 e. The summed E-state index contributed by atoms with van der Waals surface area (Å²) in [6, 6.07) is 6.18. The summed E-state index contributed by atoms with van der Waals surface area (Å²) in [5.74, 6) is -0.952. The summed E-state index contributed by atoms with van der Waals surface area (Å²) in [6.45, 7) is 3.16. The number of benzene rings is 1. The quantitative estimate of drug-likeness (QED) is 0.776. The first-order valence-corrected chi connectivity index (χ1v) is 7.58. The van der Waals surface area contributed by atoms with Crippen LogP contribution < -0.4 is 4.72 Å². The molecule has 0 saturated heterocycles. The van der Waals surface area contributed by atoms with Crippen LogP contribution in [0.2, 0.25) is 0 Å². The van der Waals surface area contributed by atoms with E-state index in [2.05, 4.69) is 14.7 Å². The number of imidazole rings is 1. The maximum atomic E-state index is 12.0. The van der Waals surface area contributed by atoms with Crippen LogP contribution in [0.5, 0.6) is 0 Å². The highest BCUT2D eigenvalue weighted by Gasteiger charge is 2.29. The number of nitrogens with zero attached hydrogens (tertiary/aromatic N) is 1. The largest absolute Gasteiger partial charge is 0.481 e. The van der Waals surface area contributed by atoms with Crippen LogP contribution in [0.1, 0.15) is 19.4 Å². The van der Waals surface area contributed by atoms with Crippen LogP contribution in [0.4, 0.5) is 5.69 Å². The molecule has 0 unspecified atom stereocenters. The number of carboxylic acid groups (broad SMARTS) is 1. The second-order valence-corrected chi connectivity index (χ2v) is 6.61. The molecule has 0 aliphatic heterocycles. The van der Waals surface area contributed by atoms with Gasteiger partial charge < -0.3 is 10.1 Å². The molecule has 0 amide bonds. The average molecular weight is 309 g/mol. The smallest absolute Gasteiger partial charge is 0.313 e. The van der Waals surface area contributed by atoms with Gasteiger partial charge in [-0.25, -0.2) is 4.98 Å². The minimum absolute atomic E-state index is 0.183. The third-order valence-corrected chi connectivity index (χ3v) is 4.36. The number of anilines is 1. The van der Waals surface area contributed by atoms with Crippen LogP contribution in [-0.2, 0) is 20.2 Å². The molecule has 0 fully saturated rings. The molecule has 0 aliphatic rings. The van der Waals surface area contributed by atoms with Gasteiger partial charge in [0.1, 0.15) is 0 Å². The first-order valence-electron chi connectivity index (χ1n) is 6.09. The highest BCUT2D eigenvalue weighted by atomic mass is 32.2. The van der Waals surface area contributed by atoms with Gasteiger partial charge in [-0.3, -0.25) is 9.52 Å². The first-order chi connectivity index (χ1) is 9.73. The van der Waals surface area contributed by atoms with Gasteiger partial charge in [-0.05, 0) is 31.5 Å². The van der Waals surface area contributed by atoms with E-state index in [1.165, 1.54) is 24.5 Å². The summed E-state index contributed by atoms with van der Waals surface area (Å²) in [5, 5.41) is 8.97. The summed E-state index contributed by atoms with van der Waals surface area (Å²) < 4.78 is 26.3. The van der Waals surface area contributed by atoms with Gasteiger partial charge in [0.2, 0.25) is 5.16 Å². The molecule has 0 atom stereocenters. The monoisotopic (exact) mass is 309 g/mol. The molecule has 3 N–H and O–H groups in total. The van der Waals surface area contributed by atoms with E-state index in [0.29, 0.717) is 11.3 Å². The summed E-state index contributed by atoms with van der Waals surface area (Å²) in [7, 11) is -3.77. The van der Waals surface area contributed by atoms with Gasteiger partial charge in [-0.2, -0.15) is 8.42 Å². The summed E-state index contributed by atoms with van der Waals surface area (Å²) >= 11 is 0. The zero-order valence-corrected chi connectivity index (χ0v) is 12.3. The van der Waals surface area contributed by atoms with E-state index in [0.717, 1.165) is 0 Å². The Morgan fingerprint density at radius 1 is 1.29 bits per heavy atom. The maximum Gasteiger partial charge on any atom is 0.313 e. The van der Waals surface area contributed by atoms with Crippen LogP contribution in [0.3, 0.4) is 0 Å². The molecular formula is C13H15N3O4S. The van der Waals surface area contributed by atoms with Crippen molar-refractivity contribution in [2.45, 2.75) is 24.4 Å². The Kier molecular flexibility index (Phi) is 3.73. The maximum absolute atomic E-state index is 12.0. The zero-order valence-electron chi connectivity index (χ0n) is 11.5. The number of H-pyrrole nitrogens is 1. The van der Waals surface area contributed by atoms with Crippen LogP contribution in [0.25, 0.3) is 0 Å². The molecule has 2 rings (SSSR count). The molecule has 1 heterocycles. The number of hydrogen-bond donors (Lipinski definition) is 3. The fourth-order valence-electron chi connectivity index (χ4n) is 1.68. The molecule has 7 nitrogen and oxygen atoms in total. The number of aliphatic carboxylic acids is 1. The Balaban J connectivity index is 2.23. The summed E-state index contributed by atoms with van der Waals surface area (Å²) in [5.41, 5.74) is -0.134. The fourth-order valence-corrected chi connectivity index (χ4v) is 2.65. The van der Waals surface area contributed by atoms with Gasteiger partial charge in [0, 0.05) is 18.1 Å². The van der Waals surface area contributed by atoms with Crippen molar-refractivity contribution >= 4 is 21.7 Å². The number of sulfonamides is 1. The lowest BCUT2D eigenvalue weighted by Gasteiger charge is -2.19. The molecule has 2 aromatic rings. The second kappa shape index (κ2) is 5.21. The highest BCUT2D eigenvalue weighted by molar-refractivity contribution is 7.92. The van der Waals surface area contributed by atoms with Gasteiger partial charge in [0.25, 0.3) is 10.0 Å². The molecule has 0 radical (unpaired) electrons. The van der Waals surface area contributed by atoms with Crippen molar-refractivity contribution in [1.29, 1.82) is 0 Å². The van der Waals surface area contributed by atoms with Crippen LogP contribution in [-0.4, -0.2) is 29.5 Å². The van der Waals surface area contributed by atoms with Gasteiger partial charge in [-0.15, -0.1) is 0 Å². The Morgan fingerprint density at radius 2 is 1.90 bits per heavy atom. The van der Waals surface area contributed by atoms with Crippen LogP contribution in [0.15, 0.2) is 41.8 Å². The topological polar surface area (TPSA) is 112 Å². The number of aromatic amines is 1. The van der Waals surface area contributed by atoms with Gasteiger partial charge in [-0.1, -0.05) is 12.1 Å². The lowest BCUT2D eigenvalue weighted by molar-refractivity contribution is -0.142. The average Bonchev–Trinajstić information content (AvgIpc) is 2.93. The standard InChI is InChI=1S/C13H15N3O4S/c1-13(2,11(17)18)9-3-5-10(6-4-9)16-21(19,20)12-14-7-8-15-12/h3-8,16H,1-2H3,(H,14,15)(H,17,18).